The van der Waals surface area contributed by atoms with E-state index in [1.807, 2.05) is 24.3 Å². The Balaban J connectivity index is 1.45. The van der Waals surface area contributed by atoms with Crippen LogP contribution in [0.2, 0.25) is 0 Å². The molecule has 1 saturated heterocycles. The lowest BCUT2D eigenvalue weighted by molar-refractivity contribution is -0.114. The molecule has 0 radical (unpaired) electrons. The second-order valence-electron chi connectivity index (χ2n) is 6.12. The average Bonchev–Trinajstić information content (AvgIpc) is 3.27. The fourth-order valence-electron chi connectivity index (χ4n) is 2.84. The van der Waals surface area contributed by atoms with E-state index in [-0.39, 0.29) is 23.3 Å². The van der Waals surface area contributed by atoms with Gasteiger partial charge in [-0.15, -0.1) is 11.8 Å². The summed E-state index contributed by atoms with van der Waals surface area (Å²) in [6.07, 6.45) is 2.36. The second-order valence-corrected chi connectivity index (χ2v) is 7.11. The summed E-state index contributed by atoms with van der Waals surface area (Å²) >= 11 is 1.26. The van der Waals surface area contributed by atoms with E-state index in [0.717, 1.165) is 24.5 Å². The molecule has 1 aromatic carbocycles. The third-order valence-electron chi connectivity index (χ3n) is 3.99. The van der Waals surface area contributed by atoms with E-state index in [2.05, 4.69) is 20.7 Å². The summed E-state index contributed by atoms with van der Waals surface area (Å²) in [4.78, 5) is 26.3. The summed E-state index contributed by atoms with van der Waals surface area (Å²) in [5.74, 6) is 1.06. The number of carbonyl (C=O) groups is 2. The highest BCUT2D eigenvalue weighted by molar-refractivity contribution is 8.00. The van der Waals surface area contributed by atoms with E-state index in [4.69, 9.17) is 4.52 Å². The zero-order chi connectivity index (χ0) is 18.4. The van der Waals surface area contributed by atoms with E-state index in [9.17, 15) is 9.59 Å². The molecule has 0 spiro atoms. The molecule has 2 aromatic rings. The number of rotatable bonds is 7. The molecule has 1 fully saturated rings. The zero-order valence-electron chi connectivity index (χ0n) is 14.7. The molecule has 0 bridgehead atoms. The molecule has 2 N–H and O–H groups in total. The first-order chi connectivity index (χ1) is 12.6. The summed E-state index contributed by atoms with van der Waals surface area (Å²) in [6.45, 7) is 3.79. The number of hydrogen-bond donors (Lipinski definition) is 2. The number of nitrogens with zero attached hydrogens (tertiary/aromatic N) is 2. The highest BCUT2D eigenvalue weighted by Crippen LogP contribution is 2.28. The predicted molar refractivity (Wildman–Crippen MR) is 104 cm³/mol. The van der Waals surface area contributed by atoms with Crippen LogP contribution in [0.15, 0.2) is 34.9 Å². The van der Waals surface area contributed by atoms with Crippen molar-refractivity contribution in [3.05, 3.63) is 36.1 Å². The maximum absolute atomic E-state index is 12.2. The largest absolute Gasteiger partial charge is 0.370 e. The molecule has 0 atom stereocenters. The SMILES string of the molecule is Cc1cc(NC(=O)CSCC(=O)Nc2ccccc2N2CCCC2)no1. The standard InChI is InChI=1S/C18H22N4O3S/c1-13-10-16(21-25-13)20-18(24)12-26-11-17(23)19-14-6-2-3-7-15(14)22-8-4-5-9-22/h2-3,6-7,10H,4-5,8-9,11-12H2,1H3,(H,19,23)(H,20,21,24). The number of anilines is 3. The van der Waals surface area contributed by atoms with Crippen LogP contribution in [-0.2, 0) is 9.59 Å². The Hall–Kier alpha value is -2.48. The highest BCUT2D eigenvalue weighted by atomic mass is 32.2. The van der Waals surface area contributed by atoms with Crippen molar-refractivity contribution in [3.63, 3.8) is 0 Å². The lowest BCUT2D eigenvalue weighted by Gasteiger charge is -2.21. The molecule has 7 nitrogen and oxygen atoms in total. The van der Waals surface area contributed by atoms with Crippen molar-refractivity contribution in [2.24, 2.45) is 0 Å². The molecule has 138 valence electrons. The van der Waals surface area contributed by atoms with Gasteiger partial charge in [0.15, 0.2) is 5.82 Å². The molecule has 3 rings (SSSR count). The van der Waals surface area contributed by atoms with Crippen molar-refractivity contribution in [2.75, 3.05) is 40.1 Å². The van der Waals surface area contributed by atoms with Gasteiger partial charge >= 0.3 is 0 Å². The molecule has 26 heavy (non-hydrogen) atoms. The Labute approximate surface area is 156 Å². The van der Waals surface area contributed by atoms with Crippen LogP contribution in [0.1, 0.15) is 18.6 Å². The summed E-state index contributed by atoms with van der Waals surface area (Å²) in [5.41, 5.74) is 1.88. The fourth-order valence-corrected chi connectivity index (χ4v) is 3.46. The van der Waals surface area contributed by atoms with Crippen LogP contribution in [0, 0.1) is 6.92 Å². The van der Waals surface area contributed by atoms with Crippen molar-refractivity contribution >= 4 is 40.8 Å². The lowest BCUT2D eigenvalue weighted by Crippen LogP contribution is -2.22. The average molecular weight is 374 g/mol. The normalized spacial score (nSPS) is 13.7. The second kappa shape index (κ2) is 8.75. The Bertz CT molecular complexity index is 771. The topological polar surface area (TPSA) is 87.5 Å². The van der Waals surface area contributed by atoms with Gasteiger partial charge in [0.05, 0.1) is 22.9 Å². The molecule has 0 unspecified atom stereocenters. The quantitative estimate of drug-likeness (QED) is 0.775. The van der Waals surface area contributed by atoms with Gasteiger partial charge in [0.1, 0.15) is 5.76 Å². The molecular formula is C18H22N4O3S. The number of benzene rings is 1. The molecular weight excluding hydrogens is 352 g/mol. The Kier molecular flexibility index (Phi) is 6.17. The molecule has 1 aliphatic rings. The van der Waals surface area contributed by atoms with Crippen LogP contribution in [0.3, 0.4) is 0 Å². The summed E-state index contributed by atoms with van der Waals surface area (Å²) in [6, 6.07) is 9.48. The molecule has 8 heteroatoms. The van der Waals surface area contributed by atoms with Crippen molar-refractivity contribution in [1.29, 1.82) is 0 Å². The van der Waals surface area contributed by atoms with Crippen LogP contribution in [0.25, 0.3) is 0 Å². The summed E-state index contributed by atoms with van der Waals surface area (Å²) < 4.78 is 4.89. The van der Waals surface area contributed by atoms with Gasteiger partial charge in [0.2, 0.25) is 11.8 Å². The smallest absolute Gasteiger partial charge is 0.235 e. The molecule has 2 amide bonds. The van der Waals surface area contributed by atoms with Gasteiger partial charge in [-0.05, 0) is 31.9 Å². The molecule has 1 aromatic heterocycles. The summed E-state index contributed by atoms with van der Waals surface area (Å²) in [7, 11) is 0. The minimum absolute atomic E-state index is 0.119. The van der Waals surface area contributed by atoms with E-state index in [1.165, 1.54) is 24.6 Å². The van der Waals surface area contributed by atoms with Crippen LogP contribution in [0.5, 0.6) is 0 Å². The number of aryl methyl sites for hydroxylation is 1. The number of aromatic nitrogens is 1. The molecule has 2 heterocycles. The van der Waals surface area contributed by atoms with E-state index >= 15 is 0 Å². The number of para-hydroxylation sites is 2. The van der Waals surface area contributed by atoms with Crippen molar-refractivity contribution in [1.82, 2.24) is 5.16 Å². The number of amides is 2. The van der Waals surface area contributed by atoms with Gasteiger partial charge in [0.25, 0.3) is 0 Å². The van der Waals surface area contributed by atoms with Crippen LogP contribution in [0.4, 0.5) is 17.2 Å². The van der Waals surface area contributed by atoms with Gasteiger partial charge in [-0.3, -0.25) is 9.59 Å². The summed E-state index contributed by atoms with van der Waals surface area (Å²) in [5, 5.41) is 9.29. The minimum atomic E-state index is -0.214. The van der Waals surface area contributed by atoms with Gasteiger partial charge in [-0.25, -0.2) is 0 Å². The number of nitrogens with one attached hydrogen (secondary N) is 2. The Morgan fingerprint density at radius 2 is 1.85 bits per heavy atom. The maximum Gasteiger partial charge on any atom is 0.235 e. The molecule has 1 aliphatic heterocycles. The number of thioether (sulfide) groups is 1. The maximum atomic E-state index is 12.2. The van der Waals surface area contributed by atoms with E-state index < -0.39 is 0 Å². The van der Waals surface area contributed by atoms with Gasteiger partial charge in [-0.1, -0.05) is 17.3 Å². The van der Waals surface area contributed by atoms with Gasteiger partial charge in [-0.2, -0.15) is 0 Å². The van der Waals surface area contributed by atoms with Crippen LogP contribution < -0.4 is 15.5 Å². The predicted octanol–water partition coefficient (Wildman–Crippen LogP) is 2.89. The molecule has 0 aliphatic carbocycles. The lowest BCUT2D eigenvalue weighted by atomic mass is 10.2. The first-order valence-corrected chi connectivity index (χ1v) is 9.72. The third kappa shape index (κ3) is 5.01. The fraction of sp³-hybridized carbons (Fsp3) is 0.389. The van der Waals surface area contributed by atoms with E-state index in [1.54, 1.807) is 13.0 Å². The third-order valence-corrected chi connectivity index (χ3v) is 4.92. The van der Waals surface area contributed by atoms with Crippen molar-refractivity contribution < 1.29 is 14.1 Å². The highest BCUT2D eigenvalue weighted by Gasteiger charge is 2.16. The first kappa shape index (κ1) is 18.3. The first-order valence-electron chi connectivity index (χ1n) is 8.56. The minimum Gasteiger partial charge on any atom is -0.370 e. The van der Waals surface area contributed by atoms with Crippen molar-refractivity contribution in [2.45, 2.75) is 19.8 Å². The van der Waals surface area contributed by atoms with E-state index in [0.29, 0.717) is 11.6 Å². The number of carbonyl (C=O) groups excluding carboxylic acids is 2. The number of hydrogen-bond acceptors (Lipinski definition) is 6. The zero-order valence-corrected chi connectivity index (χ0v) is 15.5. The van der Waals surface area contributed by atoms with Gasteiger partial charge < -0.3 is 20.1 Å². The Morgan fingerprint density at radius 1 is 1.15 bits per heavy atom. The monoisotopic (exact) mass is 374 g/mol. The van der Waals surface area contributed by atoms with Crippen molar-refractivity contribution in [3.8, 4) is 0 Å². The van der Waals surface area contributed by atoms with Crippen LogP contribution in [-0.4, -0.2) is 41.6 Å². The Morgan fingerprint density at radius 3 is 2.54 bits per heavy atom. The van der Waals surface area contributed by atoms with Crippen LogP contribution >= 0.6 is 11.8 Å². The molecule has 0 saturated carbocycles. The van der Waals surface area contributed by atoms with Gasteiger partial charge in [0, 0.05) is 19.2 Å².